The summed E-state index contributed by atoms with van der Waals surface area (Å²) in [7, 11) is 0. The van der Waals surface area contributed by atoms with E-state index in [9.17, 15) is 9.59 Å². The van der Waals surface area contributed by atoms with Gasteiger partial charge in [0.25, 0.3) is 5.91 Å². The average Bonchev–Trinajstić information content (AvgIpc) is 3.19. The molecule has 0 aliphatic carbocycles. The van der Waals surface area contributed by atoms with Crippen LogP contribution in [0.4, 0.5) is 5.69 Å². The third kappa shape index (κ3) is 6.33. The van der Waals surface area contributed by atoms with Crippen LogP contribution in [0.25, 0.3) is 0 Å². The first-order chi connectivity index (χ1) is 14.4. The molecular formula is C21H22ClN5O2S. The van der Waals surface area contributed by atoms with Gasteiger partial charge in [0.2, 0.25) is 11.1 Å². The maximum Gasteiger partial charge on any atom is 0.251 e. The van der Waals surface area contributed by atoms with Gasteiger partial charge in [0.05, 0.1) is 12.3 Å². The van der Waals surface area contributed by atoms with Gasteiger partial charge in [-0.3, -0.25) is 14.7 Å². The lowest BCUT2D eigenvalue weighted by Crippen LogP contribution is -2.23. The number of hydrogen-bond donors (Lipinski definition) is 3. The minimum Gasteiger partial charge on any atom is -0.345 e. The first kappa shape index (κ1) is 21.9. The molecule has 2 aromatic carbocycles. The molecule has 3 rings (SSSR count). The summed E-state index contributed by atoms with van der Waals surface area (Å²) >= 11 is 7.04. The molecule has 30 heavy (non-hydrogen) atoms. The lowest BCUT2D eigenvalue weighted by molar-refractivity contribution is -0.113. The van der Waals surface area contributed by atoms with E-state index in [0.717, 1.165) is 5.69 Å². The predicted molar refractivity (Wildman–Crippen MR) is 119 cm³/mol. The number of aromatic amines is 1. The molecule has 1 aromatic heterocycles. The summed E-state index contributed by atoms with van der Waals surface area (Å²) in [6.07, 6.45) is 0. The topological polar surface area (TPSA) is 99.8 Å². The predicted octanol–water partition coefficient (Wildman–Crippen LogP) is 4.24. The van der Waals surface area contributed by atoms with Crippen LogP contribution in [0.5, 0.6) is 0 Å². The van der Waals surface area contributed by atoms with Crippen molar-refractivity contribution in [3.8, 4) is 0 Å². The van der Waals surface area contributed by atoms with Gasteiger partial charge in [-0.15, -0.1) is 5.10 Å². The van der Waals surface area contributed by atoms with Crippen molar-refractivity contribution in [1.29, 1.82) is 0 Å². The fraction of sp³-hybridized carbons (Fsp3) is 0.238. The number of amides is 2. The number of carbonyl (C=O) groups excluding carboxylic acids is 2. The SMILES string of the molecule is CC(C)c1ccc(NC(=O)CSc2n[nH]c(CNC(=O)c3ccc(Cl)cc3)n2)cc1. The Morgan fingerprint density at radius 2 is 1.80 bits per heavy atom. The summed E-state index contributed by atoms with van der Waals surface area (Å²) in [6.45, 7) is 4.44. The number of H-pyrrole nitrogens is 1. The van der Waals surface area contributed by atoms with Gasteiger partial charge in [-0.05, 0) is 47.9 Å². The summed E-state index contributed by atoms with van der Waals surface area (Å²) in [4.78, 5) is 28.5. The number of aromatic nitrogens is 3. The molecule has 0 aliphatic rings. The highest BCUT2D eigenvalue weighted by molar-refractivity contribution is 7.99. The van der Waals surface area contributed by atoms with Crippen LogP contribution in [0, 0.1) is 0 Å². The van der Waals surface area contributed by atoms with Crippen LogP contribution >= 0.6 is 23.4 Å². The lowest BCUT2D eigenvalue weighted by Gasteiger charge is -2.08. The second kappa shape index (κ2) is 10.3. The second-order valence-electron chi connectivity index (χ2n) is 6.87. The molecule has 1 heterocycles. The van der Waals surface area contributed by atoms with E-state index in [1.54, 1.807) is 24.3 Å². The number of rotatable bonds is 8. The number of nitrogens with one attached hydrogen (secondary N) is 3. The van der Waals surface area contributed by atoms with Gasteiger partial charge in [-0.2, -0.15) is 0 Å². The third-order valence-electron chi connectivity index (χ3n) is 4.23. The molecule has 0 saturated heterocycles. The zero-order valence-electron chi connectivity index (χ0n) is 16.6. The number of benzene rings is 2. The van der Waals surface area contributed by atoms with E-state index in [-0.39, 0.29) is 24.1 Å². The van der Waals surface area contributed by atoms with Gasteiger partial charge in [0.15, 0.2) is 0 Å². The molecule has 2 amide bonds. The first-order valence-electron chi connectivity index (χ1n) is 9.38. The van der Waals surface area contributed by atoms with Crippen molar-refractivity contribution in [3.63, 3.8) is 0 Å². The van der Waals surface area contributed by atoms with Gasteiger partial charge < -0.3 is 10.6 Å². The molecule has 7 nitrogen and oxygen atoms in total. The smallest absolute Gasteiger partial charge is 0.251 e. The Kier molecular flexibility index (Phi) is 7.48. The lowest BCUT2D eigenvalue weighted by atomic mass is 10.0. The van der Waals surface area contributed by atoms with Crippen LogP contribution in [-0.4, -0.2) is 32.7 Å². The van der Waals surface area contributed by atoms with Crippen LogP contribution < -0.4 is 10.6 Å². The van der Waals surface area contributed by atoms with E-state index in [1.165, 1.54) is 17.3 Å². The first-order valence-corrected chi connectivity index (χ1v) is 10.7. The summed E-state index contributed by atoms with van der Waals surface area (Å²) < 4.78 is 0. The fourth-order valence-electron chi connectivity index (χ4n) is 2.57. The molecule has 0 fully saturated rings. The van der Waals surface area contributed by atoms with Gasteiger partial charge >= 0.3 is 0 Å². The van der Waals surface area contributed by atoms with E-state index in [2.05, 4.69) is 39.7 Å². The Labute approximate surface area is 184 Å². The molecule has 0 radical (unpaired) electrons. The number of hydrogen-bond acceptors (Lipinski definition) is 5. The van der Waals surface area contributed by atoms with Crippen LogP contribution in [0.2, 0.25) is 5.02 Å². The molecule has 3 aromatic rings. The van der Waals surface area contributed by atoms with Crippen molar-refractivity contribution in [3.05, 3.63) is 70.5 Å². The van der Waals surface area contributed by atoms with Crippen LogP contribution in [0.1, 0.15) is 41.5 Å². The number of thioether (sulfide) groups is 1. The monoisotopic (exact) mass is 443 g/mol. The maximum absolute atomic E-state index is 12.1. The molecule has 156 valence electrons. The van der Waals surface area contributed by atoms with Crippen molar-refractivity contribution in [1.82, 2.24) is 20.5 Å². The van der Waals surface area contributed by atoms with Gasteiger partial charge in [0.1, 0.15) is 5.82 Å². The molecule has 0 spiro atoms. The number of carbonyl (C=O) groups is 2. The summed E-state index contributed by atoms with van der Waals surface area (Å²) in [5, 5.41) is 13.4. The Balaban J connectivity index is 1.44. The molecule has 0 saturated carbocycles. The Bertz CT molecular complexity index is 1000. The van der Waals surface area contributed by atoms with E-state index < -0.39 is 0 Å². The number of anilines is 1. The van der Waals surface area contributed by atoms with Crippen LogP contribution in [-0.2, 0) is 11.3 Å². The summed E-state index contributed by atoms with van der Waals surface area (Å²) in [5.41, 5.74) is 2.48. The van der Waals surface area contributed by atoms with Crippen molar-refractivity contribution < 1.29 is 9.59 Å². The zero-order valence-corrected chi connectivity index (χ0v) is 18.2. The van der Waals surface area contributed by atoms with Crippen LogP contribution in [0.15, 0.2) is 53.7 Å². The minimum atomic E-state index is -0.236. The van der Waals surface area contributed by atoms with E-state index in [0.29, 0.717) is 27.5 Å². The standard InChI is InChI=1S/C21H22ClN5O2S/c1-13(2)14-5-9-17(10-6-14)24-19(28)12-30-21-25-18(26-27-21)11-23-20(29)15-3-7-16(22)8-4-15/h3-10,13H,11-12H2,1-2H3,(H,23,29)(H,24,28)(H,25,26,27). The Hall–Kier alpha value is -2.84. The average molecular weight is 444 g/mol. The molecule has 0 bridgehead atoms. The van der Waals surface area contributed by atoms with E-state index >= 15 is 0 Å². The Morgan fingerprint density at radius 1 is 1.10 bits per heavy atom. The molecule has 9 heteroatoms. The maximum atomic E-state index is 12.1. The Morgan fingerprint density at radius 3 is 2.47 bits per heavy atom. The minimum absolute atomic E-state index is 0.139. The largest absolute Gasteiger partial charge is 0.345 e. The van der Waals surface area contributed by atoms with E-state index in [1.807, 2.05) is 24.3 Å². The van der Waals surface area contributed by atoms with E-state index in [4.69, 9.17) is 11.6 Å². The quantitative estimate of drug-likeness (QED) is 0.452. The van der Waals surface area contributed by atoms with Crippen molar-refractivity contribution in [2.75, 3.05) is 11.1 Å². The summed E-state index contributed by atoms with van der Waals surface area (Å²) in [6, 6.07) is 14.4. The van der Waals surface area contributed by atoms with Gasteiger partial charge in [0, 0.05) is 16.3 Å². The fourth-order valence-corrected chi connectivity index (χ4v) is 3.31. The summed E-state index contributed by atoms with van der Waals surface area (Å²) in [5.74, 6) is 0.755. The van der Waals surface area contributed by atoms with Crippen molar-refractivity contribution in [2.24, 2.45) is 0 Å². The highest BCUT2D eigenvalue weighted by atomic mass is 35.5. The molecular weight excluding hydrogens is 422 g/mol. The van der Waals surface area contributed by atoms with Crippen LogP contribution in [0.3, 0.4) is 0 Å². The second-order valence-corrected chi connectivity index (χ2v) is 8.25. The zero-order chi connectivity index (χ0) is 21.5. The van der Waals surface area contributed by atoms with Gasteiger partial charge in [-0.1, -0.05) is 49.3 Å². The number of halogens is 1. The molecule has 0 aliphatic heterocycles. The molecule has 3 N–H and O–H groups in total. The molecule has 0 unspecified atom stereocenters. The molecule has 0 atom stereocenters. The highest BCUT2D eigenvalue weighted by Crippen LogP contribution is 2.18. The van der Waals surface area contributed by atoms with Gasteiger partial charge in [-0.25, -0.2) is 4.98 Å². The van der Waals surface area contributed by atoms with Crippen molar-refractivity contribution in [2.45, 2.75) is 31.5 Å². The van der Waals surface area contributed by atoms with Crippen molar-refractivity contribution >= 4 is 40.9 Å². The third-order valence-corrected chi connectivity index (χ3v) is 5.33. The highest BCUT2D eigenvalue weighted by Gasteiger charge is 2.10. The number of nitrogens with zero attached hydrogens (tertiary/aromatic N) is 2. The normalized spacial score (nSPS) is 10.8.